The Morgan fingerprint density at radius 2 is 1.94 bits per heavy atom. The Kier molecular flexibility index (Phi) is 5.07. The minimum atomic E-state index is 0.0764. The summed E-state index contributed by atoms with van der Waals surface area (Å²) in [5.41, 5.74) is 1.22. The molecular weight excluding hydrogens is 230 g/mol. The molecule has 0 fully saturated rings. The highest BCUT2D eigenvalue weighted by Gasteiger charge is 2.27. The number of hydrogen-bond donors (Lipinski definition) is 1. The monoisotopic (exact) mass is 255 g/mol. The van der Waals surface area contributed by atoms with Gasteiger partial charge in [-0.1, -0.05) is 46.0 Å². The van der Waals surface area contributed by atoms with E-state index < -0.39 is 0 Å². The zero-order valence-electron chi connectivity index (χ0n) is 11.9. The molecule has 0 bridgehead atoms. The summed E-state index contributed by atoms with van der Waals surface area (Å²) in [5.74, 6) is 0.675. The van der Waals surface area contributed by atoms with E-state index in [1.165, 1.54) is 4.88 Å². The number of aromatic nitrogens is 2. The molecule has 0 saturated carbocycles. The molecular formula is C13H25N3S. The Balaban J connectivity index is 2.98. The van der Waals surface area contributed by atoms with Crippen LogP contribution >= 0.6 is 11.5 Å². The van der Waals surface area contributed by atoms with Crippen LogP contribution in [-0.2, 0) is 5.41 Å². The maximum absolute atomic E-state index is 4.33. The number of nitrogens with one attached hydrogen (secondary N) is 1. The summed E-state index contributed by atoms with van der Waals surface area (Å²) >= 11 is 1.54. The quantitative estimate of drug-likeness (QED) is 0.874. The fourth-order valence-electron chi connectivity index (χ4n) is 1.95. The molecule has 98 valence electrons. The molecule has 4 heteroatoms. The lowest BCUT2D eigenvalue weighted by molar-refractivity contribution is 0.433. The maximum atomic E-state index is 4.33. The van der Waals surface area contributed by atoms with Crippen molar-refractivity contribution in [3.05, 3.63) is 10.6 Å². The first-order valence-corrected chi connectivity index (χ1v) is 7.19. The molecule has 0 aliphatic rings. The predicted octanol–water partition coefficient (Wildman–Crippen LogP) is 3.53. The largest absolute Gasteiger partial charge is 0.309 e. The van der Waals surface area contributed by atoms with Crippen molar-refractivity contribution in [1.82, 2.24) is 14.9 Å². The third kappa shape index (κ3) is 4.03. The van der Waals surface area contributed by atoms with Crippen LogP contribution in [0.15, 0.2) is 0 Å². The highest BCUT2D eigenvalue weighted by atomic mass is 32.1. The van der Waals surface area contributed by atoms with Crippen molar-refractivity contribution in [3.63, 3.8) is 0 Å². The summed E-state index contributed by atoms with van der Waals surface area (Å²) in [6.07, 6.45) is 1.14. The van der Waals surface area contributed by atoms with E-state index in [1.807, 2.05) is 0 Å². The van der Waals surface area contributed by atoms with Crippen molar-refractivity contribution in [1.29, 1.82) is 0 Å². The normalized spacial score (nSPS) is 14.3. The van der Waals surface area contributed by atoms with Crippen LogP contribution in [0.5, 0.6) is 0 Å². The smallest absolute Gasteiger partial charge is 0.0857 e. The Morgan fingerprint density at radius 3 is 2.41 bits per heavy atom. The van der Waals surface area contributed by atoms with E-state index in [9.17, 15) is 0 Å². The van der Waals surface area contributed by atoms with Gasteiger partial charge in [-0.15, -0.1) is 5.10 Å². The third-order valence-electron chi connectivity index (χ3n) is 2.70. The molecule has 1 aromatic heterocycles. The van der Waals surface area contributed by atoms with E-state index in [4.69, 9.17) is 0 Å². The molecule has 0 saturated heterocycles. The van der Waals surface area contributed by atoms with Gasteiger partial charge in [-0.05, 0) is 30.4 Å². The number of rotatable bonds is 5. The van der Waals surface area contributed by atoms with Gasteiger partial charge in [0.15, 0.2) is 0 Å². The molecule has 1 unspecified atom stereocenters. The number of hydrogen-bond acceptors (Lipinski definition) is 4. The summed E-state index contributed by atoms with van der Waals surface area (Å²) in [7, 11) is 0. The van der Waals surface area contributed by atoms with E-state index in [0.717, 1.165) is 18.7 Å². The maximum Gasteiger partial charge on any atom is 0.0857 e. The molecule has 1 atom stereocenters. The van der Waals surface area contributed by atoms with Crippen LogP contribution in [-0.4, -0.2) is 16.1 Å². The van der Waals surface area contributed by atoms with Crippen molar-refractivity contribution >= 4 is 11.5 Å². The summed E-state index contributed by atoms with van der Waals surface area (Å²) in [4.78, 5) is 1.31. The van der Waals surface area contributed by atoms with Crippen LogP contribution in [0.3, 0.4) is 0 Å². The van der Waals surface area contributed by atoms with Crippen LogP contribution in [0.25, 0.3) is 0 Å². The summed E-state index contributed by atoms with van der Waals surface area (Å²) in [6.45, 7) is 14.3. The fraction of sp³-hybridized carbons (Fsp3) is 0.846. The molecule has 0 amide bonds. The summed E-state index contributed by atoms with van der Waals surface area (Å²) in [5, 5.41) is 7.89. The lowest BCUT2D eigenvalue weighted by Crippen LogP contribution is -2.25. The molecule has 0 spiro atoms. The molecule has 1 heterocycles. The van der Waals surface area contributed by atoms with E-state index >= 15 is 0 Å². The van der Waals surface area contributed by atoms with Crippen molar-refractivity contribution in [2.45, 2.75) is 59.4 Å². The van der Waals surface area contributed by atoms with Crippen LogP contribution in [0.2, 0.25) is 0 Å². The molecule has 0 aliphatic carbocycles. The highest BCUT2D eigenvalue weighted by Crippen LogP contribution is 2.33. The van der Waals surface area contributed by atoms with Gasteiger partial charge in [0.25, 0.3) is 0 Å². The molecule has 1 N–H and O–H groups in total. The van der Waals surface area contributed by atoms with Crippen molar-refractivity contribution in [2.24, 2.45) is 5.92 Å². The minimum Gasteiger partial charge on any atom is -0.309 e. The third-order valence-corrected chi connectivity index (χ3v) is 3.54. The lowest BCUT2D eigenvalue weighted by Gasteiger charge is -2.23. The van der Waals surface area contributed by atoms with E-state index in [-0.39, 0.29) is 5.41 Å². The second-order valence-electron chi connectivity index (χ2n) is 5.98. The van der Waals surface area contributed by atoms with Gasteiger partial charge >= 0.3 is 0 Å². The SMILES string of the molecule is CCNC(CC(C)C)c1snnc1C(C)(C)C. The van der Waals surface area contributed by atoms with E-state index in [1.54, 1.807) is 11.5 Å². The van der Waals surface area contributed by atoms with Gasteiger partial charge in [-0.25, -0.2) is 0 Å². The molecule has 0 aromatic carbocycles. The lowest BCUT2D eigenvalue weighted by atomic mass is 9.88. The fourth-order valence-corrected chi connectivity index (χ4v) is 2.90. The van der Waals surface area contributed by atoms with Gasteiger partial charge in [-0.2, -0.15) is 0 Å². The van der Waals surface area contributed by atoms with Gasteiger partial charge < -0.3 is 5.32 Å². The Labute approximate surface area is 109 Å². The van der Waals surface area contributed by atoms with Crippen molar-refractivity contribution in [2.75, 3.05) is 6.54 Å². The Hall–Kier alpha value is -0.480. The predicted molar refractivity (Wildman–Crippen MR) is 74.5 cm³/mol. The van der Waals surface area contributed by atoms with Gasteiger partial charge in [0.1, 0.15) is 0 Å². The standard InChI is InChI=1S/C13H25N3S/c1-7-14-10(8-9(2)3)11-12(13(4,5)6)15-16-17-11/h9-10,14H,7-8H2,1-6H3. The second-order valence-corrected chi connectivity index (χ2v) is 6.76. The first-order valence-electron chi connectivity index (χ1n) is 6.42. The van der Waals surface area contributed by atoms with Gasteiger partial charge in [0, 0.05) is 11.5 Å². The molecule has 1 aromatic rings. The molecule has 0 aliphatic heterocycles. The number of nitrogens with zero attached hydrogens (tertiary/aromatic N) is 2. The van der Waals surface area contributed by atoms with E-state index in [2.05, 4.69) is 56.4 Å². The van der Waals surface area contributed by atoms with Gasteiger partial charge in [-0.3, -0.25) is 0 Å². The summed E-state index contributed by atoms with van der Waals surface area (Å²) in [6, 6.07) is 0.397. The second kappa shape index (κ2) is 5.91. The van der Waals surface area contributed by atoms with Gasteiger partial charge in [0.05, 0.1) is 10.6 Å². The molecule has 0 radical (unpaired) electrons. The molecule has 3 nitrogen and oxygen atoms in total. The first kappa shape index (κ1) is 14.6. The van der Waals surface area contributed by atoms with Crippen LogP contribution in [0, 0.1) is 5.92 Å². The van der Waals surface area contributed by atoms with Crippen molar-refractivity contribution in [3.8, 4) is 0 Å². The van der Waals surface area contributed by atoms with E-state index in [0.29, 0.717) is 12.0 Å². The summed E-state index contributed by atoms with van der Waals surface area (Å²) < 4.78 is 4.15. The zero-order valence-corrected chi connectivity index (χ0v) is 12.7. The van der Waals surface area contributed by atoms with Crippen LogP contribution < -0.4 is 5.32 Å². The first-order chi connectivity index (χ1) is 7.86. The highest BCUT2D eigenvalue weighted by molar-refractivity contribution is 7.05. The average Bonchev–Trinajstić information content (AvgIpc) is 2.63. The minimum absolute atomic E-state index is 0.0764. The Morgan fingerprint density at radius 1 is 1.29 bits per heavy atom. The topological polar surface area (TPSA) is 37.8 Å². The Bertz CT molecular complexity index is 339. The zero-order chi connectivity index (χ0) is 13.1. The molecule has 1 rings (SSSR count). The van der Waals surface area contributed by atoms with Crippen LogP contribution in [0.4, 0.5) is 0 Å². The molecule has 17 heavy (non-hydrogen) atoms. The van der Waals surface area contributed by atoms with Gasteiger partial charge in [0.2, 0.25) is 0 Å². The van der Waals surface area contributed by atoms with Crippen molar-refractivity contribution < 1.29 is 0 Å². The average molecular weight is 255 g/mol. The van der Waals surface area contributed by atoms with Crippen LogP contribution in [0.1, 0.15) is 64.6 Å².